The first-order chi connectivity index (χ1) is 11.1. The van der Waals surface area contributed by atoms with E-state index in [1.165, 1.54) is 11.3 Å². The topological polar surface area (TPSA) is 46.1 Å². The summed E-state index contributed by atoms with van der Waals surface area (Å²) < 4.78 is 0. The monoisotopic (exact) mass is 343 g/mol. The van der Waals surface area contributed by atoms with E-state index < -0.39 is 0 Å². The molecule has 2 aromatic heterocycles. The summed E-state index contributed by atoms with van der Waals surface area (Å²) in [7, 11) is 3.46. The molecule has 0 saturated carbocycles. The van der Waals surface area contributed by atoms with Crippen LogP contribution in [0.25, 0.3) is 21.8 Å². The smallest absolute Gasteiger partial charge is 0.254 e. The summed E-state index contributed by atoms with van der Waals surface area (Å²) in [5.41, 5.74) is 3.19. The van der Waals surface area contributed by atoms with Crippen LogP contribution in [0.2, 0.25) is 5.02 Å². The van der Waals surface area contributed by atoms with E-state index in [0.29, 0.717) is 10.6 Å². The minimum atomic E-state index is -0.0642. The van der Waals surface area contributed by atoms with Crippen molar-refractivity contribution in [2.75, 3.05) is 14.1 Å². The van der Waals surface area contributed by atoms with Gasteiger partial charge in [-0.3, -0.25) is 9.78 Å². The van der Waals surface area contributed by atoms with E-state index >= 15 is 0 Å². The molecule has 0 aliphatic heterocycles. The molecule has 0 spiro atoms. The minimum Gasteiger partial charge on any atom is -0.345 e. The van der Waals surface area contributed by atoms with Crippen molar-refractivity contribution in [3.05, 3.63) is 58.7 Å². The van der Waals surface area contributed by atoms with Crippen molar-refractivity contribution in [3.8, 4) is 21.8 Å². The SMILES string of the molecule is CN(C)C(=O)c1ccncc1-c1nc(-c2ccc(Cl)cc2)cs1. The fraction of sp³-hybridized carbons (Fsp3) is 0.118. The number of thiazole rings is 1. The van der Waals surface area contributed by atoms with E-state index in [1.54, 1.807) is 37.5 Å². The van der Waals surface area contributed by atoms with Gasteiger partial charge in [-0.2, -0.15) is 0 Å². The lowest BCUT2D eigenvalue weighted by Crippen LogP contribution is -2.22. The quantitative estimate of drug-likeness (QED) is 0.715. The molecule has 1 aromatic carbocycles. The van der Waals surface area contributed by atoms with Gasteiger partial charge < -0.3 is 4.90 Å². The van der Waals surface area contributed by atoms with Gasteiger partial charge >= 0.3 is 0 Å². The van der Waals surface area contributed by atoms with E-state index in [4.69, 9.17) is 11.6 Å². The predicted octanol–water partition coefficient (Wildman–Crippen LogP) is 4.23. The first kappa shape index (κ1) is 15.6. The number of amides is 1. The Balaban J connectivity index is 2.01. The normalized spacial score (nSPS) is 10.6. The molecule has 0 fully saturated rings. The number of rotatable bonds is 3. The predicted molar refractivity (Wildman–Crippen MR) is 93.8 cm³/mol. The third kappa shape index (κ3) is 3.25. The molecule has 0 radical (unpaired) electrons. The molecule has 23 heavy (non-hydrogen) atoms. The fourth-order valence-electron chi connectivity index (χ4n) is 2.14. The molecule has 0 bridgehead atoms. The molecule has 116 valence electrons. The summed E-state index contributed by atoms with van der Waals surface area (Å²) in [6.07, 6.45) is 3.30. The molecular weight excluding hydrogens is 330 g/mol. The molecular formula is C17H14ClN3OS. The lowest BCUT2D eigenvalue weighted by Gasteiger charge is -2.12. The van der Waals surface area contributed by atoms with Gasteiger partial charge in [0.05, 0.1) is 11.3 Å². The molecule has 3 aromatic rings. The number of benzene rings is 1. The number of pyridine rings is 1. The summed E-state index contributed by atoms with van der Waals surface area (Å²) in [5.74, 6) is -0.0642. The van der Waals surface area contributed by atoms with Crippen LogP contribution in [0.5, 0.6) is 0 Å². The fourth-order valence-corrected chi connectivity index (χ4v) is 3.12. The van der Waals surface area contributed by atoms with E-state index in [2.05, 4.69) is 9.97 Å². The number of carbonyl (C=O) groups is 1. The highest BCUT2D eigenvalue weighted by molar-refractivity contribution is 7.13. The summed E-state index contributed by atoms with van der Waals surface area (Å²) in [5, 5.41) is 3.43. The van der Waals surface area contributed by atoms with Gasteiger partial charge in [0, 0.05) is 48.0 Å². The summed E-state index contributed by atoms with van der Waals surface area (Å²) in [6.45, 7) is 0. The van der Waals surface area contributed by atoms with Gasteiger partial charge in [-0.15, -0.1) is 11.3 Å². The molecule has 0 saturated heterocycles. The highest BCUT2D eigenvalue weighted by Gasteiger charge is 2.17. The maximum absolute atomic E-state index is 12.3. The van der Waals surface area contributed by atoms with Crippen LogP contribution in [0, 0.1) is 0 Å². The first-order valence-electron chi connectivity index (χ1n) is 6.94. The van der Waals surface area contributed by atoms with Gasteiger partial charge in [0.15, 0.2) is 0 Å². The lowest BCUT2D eigenvalue weighted by atomic mass is 10.1. The molecule has 3 rings (SSSR count). The van der Waals surface area contributed by atoms with Crippen molar-refractivity contribution in [3.63, 3.8) is 0 Å². The summed E-state index contributed by atoms with van der Waals surface area (Å²) in [4.78, 5) is 22.6. The van der Waals surface area contributed by atoms with Crippen LogP contribution in [0.4, 0.5) is 0 Å². The molecule has 0 atom stereocenters. The van der Waals surface area contributed by atoms with E-state index in [0.717, 1.165) is 21.8 Å². The third-order valence-electron chi connectivity index (χ3n) is 3.33. The Hall–Kier alpha value is -2.24. The average Bonchev–Trinajstić information content (AvgIpc) is 3.04. The zero-order valence-corrected chi connectivity index (χ0v) is 14.2. The molecule has 6 heteroatoms. The Morgan fingerprint density at radius 1 is 1.17 bits per heavy atom. The van der Waals surface area contributed by atoms with E-state index in [9.17, 15) is 4.79 Å². The molecule has 0 N–H and O–H groups in total. The number of hydrogen-bond acceptors (Lipinski definition) is 4. The number of aromatic nitrogens is 2. The van der Waals surface area contributed by atoms with Crippen LogP contribution in [-0.4, -0.2) is 34.9 Å². The van der Waals surface area contributed by atoms with E-state index in [1.807, 2.05) is 29.6 Å². The first-order valence-corrected chi connectivity index (χ1v) is 8.19. The van der Waals surface area contributed by atoms with Gasteiger partial charge in [-0.25, -0.2) is 4.98 Å². The largest absolute Gasteiger partial charge is 0.345 e. The van der Waals surface area contributed by atoms with Gasteiger partial charge in [0.2, 0.25) is 0 Å². The second-order valence-electron chi connectivity index (χ2n) is 5.17. The van der Waals surface area contributed by atoms with Gasteiger partial charge in [-0.05, 0) is 18.2 Å². The second-order valence-corrected chi connectivity index (χ2v) is 6.46. The van der Waals surface area contributed by atoms with Crippen molar-refractivity contribution < 1.29 is 4.79 Å². The van der Waals surface area contributed by atoms with Crippen molar-refractivity contribution in [2.24, 2.45) is 0 Å². The minimum absolute atomic E-state index is 0.0642. The van der Waals surface area contributed by atoms with Gasteiger partial charge in [0.1, 0.15) is 5.01 Å². The Morgan fingerprint density at radius 3 is 2.61 bits per heavy atom. The maximum Gasteiger partial charge on any atom is 0.254 e. The number of halogens is 1. The zero-order valence-electron chi connectivity index (χ0n) is 12.7. The van der Waals surface area contributed by atoms with E-state index in [-0.39, 0.29) is 5.91 Å². The Labute approximate surface area is 143 Å². The Kier molecular flexibility index (Phi) is 4.41. The van der Waals surface area contributed by atoms with Crippen molar-refractivity contribution in [1.82, 2.24) is 14.9 Å². The molecule has 0 unspecified atom stereocenters. The summed E-state index contributed by atoms with van der Waals surface area (Å²) in [6, 6.07) is 9.25. The zero-order chi connectivity index (χ0) is 16.4. The number of carbonyl (C=O) groups excluding carboxylic acids is 1. The highest BCUT2D eigenvalue weighted by Crippen LogP contribution is 2.31. The maximum atomic E-state index is 12.3. The van der Waals surface area contributed by atoms with Gasteiger partial charge in [-0.1, -0.05) is 23.7 Å². The lowest BCUT2D eigenvalue weighted by molar-refractivity contribution is 0.0828. The Bertz CT molecular complexity index is 843. The van der Waals surface area contributed by atoms with Crippen LogP contribution < -0.4 is 0 Å². The number of hydrogen-bond donors (Lipinski definition) is 0. The molecule has 1 amide bonds. The molecule has 4 nitrogen and oxygen atoms in total. The molecule has 0 aliphatic rings. The van der Waals surface area contributed by atoms with Crippen LogP contribution in [0.15, 0.2) is 48.1 Å². The van der Waals surface area contributed by atoms with Crippen molar-refractivity contribution >= 4 is 28.8 Å². The second kappa shape index (κ2) is 6.48. The highest BCUT2D eigenvalue weighted by atomic mass is 35.5. The average molecular weight is 344 g/mol. The summed E-state index contributed by atoms with van der Waals surface area (Å²) >= 11 is 7.41. The van der Waals surface area contributed by atoms with Crippen LogP contribution in [0.1, 0.15) is 10.4 Å². The number of nitrogens with zero attached hydrogens (tertiary/aromatic N) is 3. The molecule has 0 aliphatic carbocycles. The van der Waals surface area contributed by atoms with Crippen LogP contribution >= 0.6 is 22.9 Å². The van der Waals surface area contributed by atoms with Gasteiger partial charge in [0.25, 0.3) is 5.91 Å². The Morgan fingerprint density at radius 2 is 1.91 bits per heavy atom. The third-order valence-corrected chi connectivity index (χ3v) is 4.46. The van der Waals surface area contributed by atoms with Crippen LogP contribution in [0.3, 0.4) is 0 Å². The molecule has 2 heterocycles. The standard InChI is InChI=1S/C17H14ClN3OS/c1-21(2)17(22)13-7-8-19-9-14(13)16-20-15(10-23-16)11-3-5-12(18)6-4-11/h3-10H,1-2H3. The van der Waals surface area contributed by atoms with Crippen LogP contribution in [-0.2, 0) is 0 Å². The van der Waals surface area contributed by atoms with Crippen molar-refractivity contribution in [1.29, 1.82) is 0 Å². The van der Waals surface area contributed by atoms with Crippen molar-refractivity contribution in [2.45, 2.75) is 0 Å².